The summed E-state index contributed by atoms with van der Waals surface area (Å²) in [6, 6.07) is 12.8. The molecule has 6 heteroatoms. The van der Waals surface area contributed by atoms with E-state index in [0.29, 0.717) is 29.1 Å². The van der Waals surface area contributed by atoms with Gasteiger partial charge in [-0.15, -0.1) is 0 Å². The van der Waals surface area contributed by atoms with E-state index in [1.54, 1.807) is 4.57 Å². The van der Waals surface area contributed by atoms with E-state index < -0.39 is 6.04 Å². The molecule has 1 unspecified atom stereocenters. The van der Waals surface area contributed by atoms with E-state index in [0.717, 1.165) is 28.5 Å². The van der Waals surface area contributed by atoms with Crippen molar-refractivity contribution in [1.82, 2.24) is 19.9 Å². The van der Waals surface area contributed by atoms with E-state index >= 15 is 0 Å². The predicted octanol–water partition coefficient (Wildman–Crippen LogP) is 5.21. The van der Waals surface area contributed by atoms with Gasteiger partial charge in [0.1, 0.15) is 11.9 Å². The van der Waals surface area contributed by atoms with Gasteiger partial charge in [0, 0.05) is 23.5 Å². The Hall–Kier alpha value is -3.41. The minimum atomic E-state index is -0.637. The summed E-state index contributed by atoms with van der Waals surface area (Å²) >= 11 is 0. The number of carbonyl (C=O) groups is 1. The molecule has 2 N–H and O–H groups in total. The normalized spacial score (nSPS) is 17.6. The molecule has 33 heavy (non-hydrogen) atoms. The Balaban J connectivity index is 0.00000126. The molecule has 2 aromatic heterocycles. The molecule has 1 aliphatic rings. The summed E-state index contributed by atoms with van der Waals surface area (Å²) in [5.41, 5.74) is 3.57. The van der Waals surface area contributed by atoms with Crippen LogP contribution in [-0.4, -0.2) is 20.4 Å². The Morgan fingerprint density at radius 3 is 2.58 bits per heavy atom. The Morgan fingerprint density at radius 2 is 1.82 bits per heavy atom. The second kappa shape index (κ2) is 9.22. The van der Waals surface area contributed by atoms with Crippen LogP contribution in [0.25, 0.3) is 21.8 Å². The zero-order chi connectivity index (χ0) is 23.7. The van der Waals surface area contributed by atoms with Crippen molar-refractivity contribution >= 4 is 27.7 Å². The van der Waals surface area contributed by atoms with Crippen LogP contribution in [0.15, 0.2) is 53.5 Å². The molecular weight excluding hydrogens is 412 g/mol. The van der Waals surface area contributed by atoms with Gasteiger partial charge in [0.25, 0.3) is 5.56 Å². The number of para-hydroxylation sites is 1. The first-order chi connectivity index (χ1) is 15.9. The van der Waals surface area contributed by atoms with Gasteiger partial charge < -0.3 is 10.3 Å². The molecule has 1 amide bonds. The smallest absolute Gasteiger partial charge is 0.262 e. The number of aryl methyl sites for hydroxylation is 1. The lowest BCUT2D eigenvalue weighted by Gasteiger charge is -2.33. The standard InChI is InChI=1S/C25H26N4O2.C2H6/c1-14(2)10-21-23-27-20-9-8-15(3)11-18(20)25(31)29(23)22(24(30)28-21)12-16-13-26-19-7-5-4-6-17(16)19;1-2/h4-9,11,13-14,21-22,26H,10,12H2,1-3H3,(H,28,30);1-2H3/t21-,22?;/m0./s1. The fraction of sp³-hybridized carbons (Fsp3) is 0.370. The average Bonchev–Trinajstić information content (AvgIpc) is 3.21. The maximum absolute atomic E-state index is 13.6. The number of nitrogens with zero attached hydrogens (tertiary/aromatic N) is 2. The lowest BCUT2D eigenvalue weighted by molar-refractivity contribution is -0.126. The molecule has 0 saturated carbocycles. The number of aromatic amines is 1. The fourth-order valence-corrected chi connectivity index (χ4v) is 4.66. The summed E-state index contributed by atoms with van der Waals surface area (Å²) in [4.78, 5) is 35.0. The van der Waals surface area contributed by atoms with Crippen LogP contribution in [0.2, 0.25) is 0 Å². The minimum Gasteiger partial charge on any atom is -0.361 e. The van der Waals surface area contributed by atoms with Crippen molar-refractivity contribution in [3.8, 4) is 0 Å². The molecule has 1 aliphatic heterocycles. The average molecular weight is 445 g/mol. The number of fused-ring (bicyclic) bond motifs is 3. The van der Waals surface area contributed by atoms with Gasteiger partial charge in [-0.05, 0) is 43.0 Å². The molecule has 0 radical (unpaired) electrons. The number of rotatable bonds is 4. The third-order valence-electron chi connectivity index (χ3n) is 6.12. The molecule has 172 valence electrons. The number of H-pyrrole nitrogens is 1. The highest BCUT2D eigenvalue weighted by atomic mass is 16.2. The van der Waals surface area contributed by atoms with Crippen molar-refractivity contribution in [2.75, 3.05) is 0 Å². The molecule has 0 fully saturated rings. The van der Waals surface area contributed by atoms with Gasteiger partial charge in [-0.2, -0.15) is 0 Å². The Kier molecular flexibility index (Phi) is 6.36. The summed E-state index contributed by atoms with van der Waals surface area (Å²) in [6.07, 6.45) is 3.09. The second-order valence-electron chi connectivity index (χ2n) is 8.94. The molecule has 4 aromatic rings. The third kappa shape index (κ3) is 4.17. The summed E-state index contributed by atoms with van der Waals surface area (Å²) in [7, 11) is 0. The van der Waals surface area contributed by atoms with E-state index in [2.05, 4.69) is 24.1 Å². The van der Waals surface area contributed by atoms with Crippen molar-refractivity contribution in [3.63, 3.8) is 0 Å². The van der Waals surface area contributed by atoms with Crippen LogP contribution < -0.4 is 10.9 Å². The molecule has 3 heterocycles. The number of amides is 1. The topological polar surface area (TPSA) is 79.8 Å². The molecule has 0 bridgehead atoms. The first-order valence-corrected chi connectivity index (χ1v) is 11.8. The predicted molar refractivity (Wildman–Crippen MR) is 133 cm³/mol. The summed E-state index contributed by atoms with van der Waals surface area (Å²) < 4.78 is 1.65. The van der Waals surface area contributed by atoms with Crippen LogP contribution in [0, 0.1) is 12.8 Å². The SMILES string of the molecule is CC.Cc1ccc2nc3n(c(=O)c2c1)C(Cc1c[nH]c2ccccc12)C(=O)N[C@H]3CC(C)C. The van der Waals surface area contributed by atoms with Crippen molar-refractivity contribution in [2.24, 2.45) is 5.92 Å². The maximum Gasteiger partial charge on any atom is 0.262 e. The molecular formula is C27H32N4O2. The van der Waals surface area contributed by atoms with E-state index in [-0.39, 0.29) is 17.5 Å². The highest BCUT2D eigenvalue weighted by molar-refractivity contribution is 5.87. The number of aromatic nitrogens is 3. The van der Waals surface area contributed by atoms with E-state index in [1.807, 2.05) is 69.4 Å². The monoisotopic (exact) mass is 444 g/mol. The number of hydrogen-bond donors (Lipinski definition) is 2. The van der Waals surface area contributed by atoms with Crippen molar-refractivity contribution in [1.29, 1.82) is 0 Å². The molecule has 0 spiro atoms. The quantitative estimate of drug-likeness (QED) is 0.453. The Morgan fingerprint density at radius 1 is 1.06 bits per heavy atom. The molecule has 0 aliphatic carbocycles. The number of nitrogens with one attached hydrogen (secondary N) is 2. The largest absolute Gasteiger partial charge is 0.361 e. The van der Waals surface area contributed by atoms with Crippen molar-refractivity contribution in [3.05, 3.63) is 76.0 Å². The van der Waals surface area contributed by atoms with Gasteiger partial charge in [-0.3, -0.25) is 14.2 Å². The van der Waals surface area contributed by atoms with E-state index in [9.17, 15) is 9.59 Å². The van der Waals surface area contributed by atoms with Gasteiger partial charge in [-0.25, -0.2) is 4.98 Å². The molecule has 6 nitrogen and oxygen atoms in total. The molecule has 0 saturated heterocycles. The summed E-state index contributed by atoms with van der Waals surface area (Å²) in [6.45, 7) is 10.2. The minimum absolute atomic E-state index is 0.126. The van der Waals surface area contributed by atoms with Crippen LogP contribution >= 0.6 is 0 Å². The van der Waals surface area contributed by atoms with E-state index in [4.69, 9.17) is 4.98 Å². The number of carbonyl (C=O) groups excluding carboxylic acids is 1. The zero-order valence-corrected chi connectivity index (χ0v) is 20.0. The first-order valence-electron chi connectivity index (χ1n) is 11.8. The van der Waals surface area contributed by atoms with E-state index in [1.165, 1.54) is 0 Å². The molecule has 2 aromatic carbocycles. The molecule has 5 rings (SSSR count). The highest BCUT2D eigenvalue weighted by Crippen LogP contribution is 2.31. The Bertz CT molecular complexity index is 1370. The lowest BCUT2D eigenvalue weighted by Crippen LogP contribution is -2.48. The lowest BCUT2D eigenvalue weighted by atomic mass is 9.96. The van der Waals surface area contributed by atoms with Crippen LogP contribution in [0.4, 0.5) is 0 Å². The zero-order valence-electron chi connectivity index (χ0n) is 20.0. The Labute approximate surface area is 194 Å². The summed E-state index contributed by atoms with van der Waals surface area (Å²) in [5, 5.41) is 4.78. The van der Waals surface area contributed by atoms with Crippen LogP contribution in [0.5, 0.6) is 0 Å². The molecule has 2 atom stereocenters. The van der Waals surface area contributed by atoms with Gasteiger partial charge in [0.05, 0.1) is 16.9 Å². The fourth-order valence-electron chi connectivity index (χ4n) is 4.66. The number of benzene rings is 2. The van der Waals surface area contributed by atoms with Crippen LogP contribution in [0.3, 0.4) is 0 Å². The number of hydrogen-bond acceptors (Lipinski definition) is 3. The first kappa shape index (κ1) is 22.8. The van der Waals surface area contributed by atoms with Gasteiger partial charge in [0.15, 0.2) is 0 Å². The second-order valence-corrected chi connectivity index (χ2v) is 8.94. The van der Waals surface area contributed by atoms with Crippen molar-refractivity contribution in [2.45, 2.75) is 59.5 Å². The third-order valence-corrected chi connectivity index (χ3v) is 6.12. The van der Waals surface area contributed by atoms with Crippen LogP contribution in [-0.2, 0) is 11.2 Å². The van der Waals surface area contributed by atoms with Gasteiger partial charge >= 0.3 is 0 Å². The highest BCUT2D eigenvalue weighted by Gasteiger charge is 2.36. The van der Waals surface area contributed by atoms with Crippen molar-refractivity contribution < 1.29 is 4.79 Å². The van der Waals surface area contributed by atoms with Gasteiger partial charge in [-0.1, -0.05) is 57.5 Å². The maximum atomic E-state index is 13.6. The van der Waals surface area contributed by atoms with Gasteiger partial charge in [0.2, 0.25) is 5.91 Å². The van der Waals surface area contributed by atoms with Crippen LogP contribution in [0.1, 0.15) is 63.2 Å². The summed E-state index contributed by atoms with van der Waals surface area (Å²) in [5.74, 6) is 0.883.